The average Bonchev–Trinajstić information content (AvgIpc) is 3.01. The molecule has 0 saturated carbocycles. The average molecular weight is 586 g/mol. The molecule has 1 atom stereocenters. The molecule has 2 amide bonds. The SMILES string of the molecule is C[C@@H](N)C(=O)NCCOCCNc1nc(Nc2ccc(O)cc2)nc(Nc2ccc(C(=O)NCc3ccccc3)cc2)n1. The minimum atomic E-state index is -0.569. The number of aromatic nitrogens is 3. The Morgan fingerprint density at radius 3 is 2.00 bits per heavy atom. The van der Waals surface area contributed by atoms with E-state index in [1.54, 1.807) is 55.5 Å². The minimum Gasteiger partial charge on any atom is -0.508 e. The van der Waals surface area contributed by atoms with Crippen molar-refractivity contribution in [3.8, 4) is 5.75 Å². The number of amides is 2. The standard InChI is InChI=1S/C30H35N9O4/c1-20(31)26(41)32-15-17-43-18-16-33-28-37-29(39-30(38-28)36-24-11-13-25(40)14-12-24)35-23-9-7-22(8-10-23)27(42)34-19-21-5-3-2-4-6-21/h2-14,20,40H,15-19,31H2,1H3,(H,32,41)(H,34,42)(H3,33,35,36,37,38,39)/t20-/m1/s1. The van der Waals surface area contributed by atoms with Gasteiger partial charge in [0.05, 0.1) is 19.3 Å². The summed E-state index contributed by atoms with van der Waals surface area (Å²) < 4.78 is 5.54. The Balaban J connectivity index is 1.36. The molecule has 13 nitrogen and oxygen atoms in total. The molecule has 1 aromatic heterocycles. The summed E-state index contributed by atoms with van der Waals surface area (Å²) >= 11 is 0. The first-order valence-corrected chi connectivity index (χ1v) is 13.7. The zero-order chi connectivity index (χ0) is 30.4. The Kier molecular flexibility index (Phi) is 11.2. The Hall–Kier alpha value is -5.27. The second kappa shape index (κ2) is 15.7. The van der Waals surface area contributed by atoms with Crippen LogP contribution in [0.4, 0.5) is 29.2 Å². The van der Waals surface area contributed by atoms with Crippen LogP contribution < -0.4 is 32.3 Å². The molecule has 0 radical (unpaired) electrons. The highest BCUT2D eigenvalue weighted by atomic mass is 16.5. The summed E-state index contributed by atoms with van der Waals surface area (Å²) in [6, 6.07) is 22.6. The summed E-state index contributed by atoms with van der Waals surface area (Å²) in [4.78, 5) is 37.4. The number of phenolic OH excluding ortho intramolecular Hbond substituents is 1. The van der Waals surface area contributed by atoms with Crippen LogP contribution in [0.3, 0.4) is 0 Å². The number of rotatable bonds is 15. The number of benzene rings is 3. The molecule has 224 valence electrons. The van der Waals surface area contributed by atoms with Gasteiger partial charge in [-0.3, -0.25) is 9.59 Å². The molecule has 13 heteroatoms. The molecular formula is C30H35N9O4. The van der Waals surface area contributed by atoms with Crippen molar-refractivity contribution in [1.29, 1.82) is 0 Å². The lowest BCUT2D eigenvalue weighted by atomic mass is 10.2. The van der Waals surface area contributed by atoms with Crippen LogP contribution in [-0.4, -0.2) is 64.2 Å². The molecule has 0 aliphatic rings. The van der Waals surface area contributed by atoms with Crippen molar-refractivity contribution >= 4 is 41.0 Å². The number of carbonyl (C=O) groups excluding carboxylic acids is 2. The lowest BCUT2D eigenvalue weighted by Crippen LogP contribution is -2.39. The Bertz CT molecular complexity index is 1470. The van der Waals surface area contributed by atoms with E-state index in [0.29, 0.717) is 55.7 Å². The normalized spacial score (nSPS) is 11.3. The quantitative estimate of drug-likeness (QED) is 0.0803. The van der Waals surface area contributed by atoms with Gasteiger partial charge in [0.15, 0.2) is 0 Å². The highest BCUT2D eigenvalue weighted by Crippen LogP contribution is 2.21. The van der Waals surface area contributed by atoms with Crippen molar-refractivity contribution in [3.63, 3.8) is 0 Å². The van der Waals surface area contributed by atoms with Crippen LogP contribution in [0.5, 0.6) is 5.75 Å². The fourth-order valence-corrected chi connectivity index (χ4v) is 3.70. The van der Waals surface area contributed by atoms with Gasteiger partial charge in [0.25, 0.3) is 5.91 Å². The zero-order valence-electron chi connectivity index (χ0n) is 23.7. The van der Waals surface area contributed by atoms with Crippen LogP contribution in [0, 0.1) is 0 Å². The maximum absolute atomic E-state index is 12.6. The largest absolute Gasteiger partial charge is 0.508 e. The molecule has 0 spiro atoms. The van der Waals surface area contributed by atoms with Gasteiger partial charge in [0.1, 0.15) is 5.75 Å². The number of hydrogen-bond donors (Lipinski definition) is 7. The van der Waals surface area contributed by atoms with Crippen LogP contribution in [0.1, 0.15) is 22.8 Å². The number of ether oxygens (including phenoxy) is 1. The maximum atomic E-state index is 12.6. The molecule has 8 N–H and O–H groups in total. The van der Waals surface area contributed by atoms with Crippen molar-refractivity contribution in [2.24, 2.45) is 5.73 Å². The Morgan fingerprint density at radius 2 is 1.37 bits per heavy atom. The number of aromatic hydroxyl groups is 1. The first-order valence-electron chi connectivity index (χ1n) is 13.7. The summed E-state index contributed by atoms with van der Waals surface area (Å²) in [6.45, 7) is 3.48. The van der Waals surface area contributed by atoms with E-state index in [4.69, 9.17) is 10.5 Å². The summed E-state index contributed by atoms with van der Waals surface area (Å²) in [5.74, 6) is 0.550. The van der Waals surface area contributed by atoms with Gasteiger partial charge in [-0.1, -0.05) is 30.3 Å². The van der Waals surface area contributed by atoms with E-state index in [2.05, 4.69) is 41.5 Å². The fourth-order valence-electron chi connectivity index (χ4n) is 3.70. The van der Waals surface area contributed by atoms with Crippen molar-refractivity contribution in [2.75, 3.05) is 42.3 Å². The van der Waals surface area contributed by atoms with E-state index in [9.17, 15) is 14.7 Å². The van der Waals surface area contributed by atoms with E-state index in [-0.39, 0.29) is 29.5 Å². The second-order valence-electron chi connectivity index (χ2n) is 9.47. The summed E-state index contributed by atoms with van der Waals surface area (Å²) in [6.07, 6.45) is 0. The van der Waals surface area contributed by atoms with Crippen molar-refractivity contribution in [1.82, 2.24) is 25.6 Å². The maximum Gasteiger partial charge on any atom is 0.251 e. The van der Waals surface area contributed by atoms with E-state index >= 15 is 0 Å². The second-order valence-corrected chi connectivity index (χ2v) is 9.47. The molecule has 1 heterocycles. The van der Waals surface area contributed by atoms with Gasteiger partial charge >= 0.3 is 0 Å². The van der Waals surface area contributed by atoms with E-state index in [0.717, 1.165) is 5.56 Å². The molecule has 4 aromatic rings. The molecule has 0 fully saturated rings. The van der Waals surface area contributed by atoms with Crippen LogP contribution in [0.25, 0.3) is 0 Å². The molecular weight excluding hydrogens is 550 g/mol. The highest BCUT2D eigenvalue weighted by molar-refractivity contribution is 5.94. The Labute approximate surface area is 249 Å². The third kappa shape index (κ3) is 10.3. The van der Waals surface area contributed by atoms with Crippen LogP contribution >= 0.6 is 0 Å². The topological polar surface area (TPSA) is 188 Å². The van der Waals surface area contributed by atoms with Crippen LogP contribution in [-0.2, 0) is 16.1 Å². The monoisotopic (exact) mass is 585 g/mol. The van der Waals surface area contributed by atoms with Gasteiger partial charge in [-0.2, -0.15) is 15.0 Å². The molecule has 3 aromatic carbocycles. The lowest BCUT2D eigenvalue weighted by molar-refractivity contribution is -0.122. The summed E-state index contributed by atoms with van der Waals surface area (Å²) in [7, 11) is 0. The van der Waals surface area contributed by atoms with Gasteiger partial charge in [-0.05, 0) is 61.0 Å². The molecule has 0 unspecified atom stereocenters. The van der Waals surface area contributed by atoms with Crippen LogP contribution in [0.2, 0.25) is 0 Å². The predicted octanol–water partition coefficient (Wildman–Crippen LogP) is 2.89. The lowest BCUT2D eigenvalue weighted by Gasteiger charge is -2.12. The fraction of sp³-hybridized carbons (Fsp3) is 0.233. The predicted molar refractivity (Wildman–Crippen MR) is 165 cm³/mol. The molecule has 4 rings (SSSR count). The van der Waals surface area contributed by atoms with Gasteiger partial charge in [-0.15, -0.1) is 0 Å². The minimum absolute atomic E-state index is 0.139. The molecule has 0 bridgehead atoms. The zero-order valence-corrected chi connectivity index (χ0v) is 23.7. The number of nitrogens with zero attached hydrogens (tertiary/aromatic N) is 3. The smallest absolute Gasteiger partial charge is 0.251 e. The molecule has 43 heavy (non-hydrogen) atoms. The summed E-state index contributed by atoms with van der Waals surface area (Å²) in [5.41, 5.74) is 8.40. The van der Waals surface area contributed by atoms with Crippen molar-refractivity contribution in [3.05, 3.63) is 90.0 Å². The van der Waals surface area contributed by atoms with Crippen molar-refractivity contribution in [2.45, 2.75) is 19.5 Å². The highest BCUT2D eigenvalue weighted by Gasteiger charge is 2.10. The number of hydrogen-bond acceptors (Lipinski definition) is 11. The summed E-state index contributed by atoms with van der Waals surface area (Å²) in [5, 5.41) is 24.5. The Morgan fingerprint density at radius 1 is 0.791 bits per heavy atom. The number of carbonyl (C=O) groups is 2. The first-order chi connectivity index (χ1) is 20.9. The third-order valence-electron chi connectivity index (χ3n) is 5.95. The van der Waals surface area contributed by atoms with Crippen molar-refractivity contribution < 1.29 is 19.4 Å². The van der Waals surface area contributed by atoms with Gasteiger partial charge in [-0.25, -0.2) is 0 Å². The number of nitrogens with two attached hydrogens (primary N) is 1. The number of nitrogens with one attached hydrogen (secondary N) is 5. The van der Waals surface area contributed by atoms with E-state index in [1.165, 1.54) is 0 Å². The van der Waals surface area contributed by atoms with Gasteiger partial charge < -0.3 is 42.2 Å². The van der Waals surface area contributed by atoms with E-state index < -0.39 is 6.04 Å². The molecule has 0 aliphatic heterocycles. The number of anilines is 5. The third-order valence-corrected chi connectivity index (χ3v) is 5.95. The van der Waals surface area contributed by atoms with Gasteiger partial charge in [0.2, 0.25) is 23.8 Å². The van der Waals surface area contributed by atoms with Gasteiger partial charge in [0, 0.05) is 36.6 Å². The molecule has 0 saturated heterocycles. The molecule has 0 aliphatic carbocycles. The van der Waals surface area contributed by atoms with Crippen LogP contribution in [0.15, 0.2) is 78.9 Å². The van der Waals surface area contributed by atoms with E-state index in [1.807, 2.05) is 30.3 Å². The number of phenols is 1. The first kappa shape index (κ1) is 30.7.